The number of amides is 1. The van der Waals surface area contributed by atoms with Crippen LogP contribution in [0.25, 0.3) is 0 Å². The molecule has 0 bridgehead atoms. The number of rotatable bonds is 9. The Balaban J connectivity index is 1.98. The van der Waals surface area contributed by atoms with Crippen molar-refractivity contribution in [3.63, 3.8) is 0 Å². The Morgan fingerprint density at radius 2 is 1.78 bits per heavy atom. The highest BCUT2D eigenvalue weighted by Gasteiger charge is 2.33. The molecule has 1 N–H and O–H groups in total. The number of ether oxygens (including phenoxy) is 4. The monoisotopic (exact) mass is 512 g/mol. The number of carbonyl (C=O) groups excluding carboxylic acids is 2. The average molecular weight is 513 g/mol. The Hall–Kier alpha value is -3.26. The van der Waals surface area contributed by atoms with Gasteiger partial charge in [0, 0.05) is 30.0 Å². The van der Waals surface area contributed by atoms with Crippen LogP contribution >= 0.6 is 0 Å². The van der Waals surface area contributed by atoms with Crippen molar-refractivity contribution in [3.8, 4) is 11.5 Å². The summed E-state index contributed by atoms with van der Waals surface area (Å²) in [6, 6.07) is 9.33. The van der Waals surface area contributed by atoms with Crippen molar-refractivity contribution in [1.82, 2.24) is 10.2 Å². The lowest BCUT2D eigenvalue weighted by atomic mass is 9.88. The van der Waals surface area contributed by atoms with Gasteiger partial charge in [-0.1, -0.05) is 24.3 Å². The van der Waals surface area contributed by atoms with Gasteiger partial charge in [0.1, 0.15) is 23.1 Å². The van der Waals surface area contributed by atoms with E-state index in [4.69, 9.17) is 18.9 Å². The zero-order valence-electron chi connectivity index (χ0n) is 23.3. The normalized spacial score (nSPS) is 15.6. The third-order valence-corrected chi connectivity index (χ3v) is 6.47. The number of nitrogens with zero attached hydrogens (tertiary/aromatic N) is 1. The molecule has 2 atom stereocenters. The minimum atomic E-state index is -0.863. The molecule has 2 aromatic carbocycles. The zero-order valence-corrected chi connectivity index (χ0v) is 23.3. The van der Waals surface area contributed by atoms with Gasteiger partial charge in [0.05, 0.1) is 21.3 Å². The molecule has 3 rings (SSSR count). The van der Waals surface area contributed by atoms with Crippen molar-refractivity contribution >= 4 is 12.1 Å². The molecule has 1 aliphatic carbocycles. The highest BCUT2D eigenvalue weighted by atomic mass is 16.6. The summed E-state index contributed by atoms with van der Waals surface area (Å²) in [4.78, 5) is 27.1. The van der Waals surface area contributed by atoms with Crippen LogP contribution in [0, 0.1) is 0 Å². The fourth-order valence-corrected chi connectivity index (χ4v) is 5.07. The summed E-state index contributed by atoms with van der Waals surface area (Å²) in [7, 11) is 8.76. The SMILES string of the molecule is COC(=O)[C@H](Cc1cccc2c1CC[C@@H]2c1c(OC)ccc(CN(C)C)c1OC)NC(=O)OC(C)(C)C. The van der Waals surface area contributed by atoms with E-state index in [0.717, 1.165) is 47.6 Å². The van der Waals surface area contributed by atoms with Crippen molar-refractivity contribution < 1.29 is 28.5 Å². The molecule has 0 aromatic heterocycles. The maximum atomic E-state index is 12.6. The largest absolute Gasteiger partial charge is 0.496 e. The van der Waals surface area contributed by atoms with Gasteiger partial charge in [-0.3, -0.25) is 0 Å². The van der Waals surface area contributed by atoms with Gasteiger partial charge in [0.2, 0.25) is 0 Å². The van der Waals surface area contributed by atoms with Crippen LogP contribution in [0.1, 0.15) is 60.9 Å². The van der Waals surface area contributed by atoms with Gasteiger partial charge in [-0.05, 0) is 70.5 Å². The van der Waals surface area contributed by atoms with E-state index in [9.17, 15) is 9.59 Å². The van der Waals surface area contributed by atoms with Crippen LogP contribution in [0.15, 0.2) is 30.3 Å². The van der Waals surface area contributed by atoms with Crippen molar-refractivity contribution in [1.29, 1.82) is 0 Å². The van der Waals surface area contributed by atoms with Crippen molar-refractivity contribution in [2.75, 3.05) is 35.4 Å². The number of esters is 1. The Bertz CT molecular complexity index is 1120. The van der Waals surface area contributed by atoms with E-state index in [-0.39, 0.29) is 5.92 Å². The number of hydrogen-bond acceptors (Lipinski definition) is 7. The van der Waals surface area contributed by atoms with E-state index < -0.39 is 23.7 Å². The lowest BCUT2D eigenvalue weighted by Crippen LogP contribution is -2.45. The number of methoxy groups -OCH3 is 3. The predicted octanol–water partition coefficient (Wildman–Crippen LogP) is 4.45. The first-order chi connectivity index (χ1) is 17.5. The van der Waals surface area contributed by atoms with E-state index in [1.54, 1.807) is 35.0 Å². The van der Waals surface area contributed by atoms with Gasteiger partial charge < -0.3 is 29.2 Å². The first kappa shape index (κ1) is 28.3. The fourth-order valence-electron chi connectivity index (χ4n) is 5.07. The van der Waals surface area contributed by atoms with Crippen LogP contribution in [0.3, 0.4) is 0 Å². The molecule has 0 spiro atoms. The molecule has 0 aliphatic heterocycles. The molecule has 0 saturated carbocycles. The molecule has 0 radical (unpaired) electrons. The molecule has 2 aromatic rings. The average Bonchev–Trinajstić information content (AvgIpc) is 3.26. The number of carbonyl (C=O) groups is 2. The minimum Gasteiger partial charge on any atom is -0.496 e. The molecule has 0 saturated heterocycles. The number of alkyl carbamates (subject to hydrolysis) is 1. The van der Waals surface area contributed by atoms with E-state index >= 15 is 0 Å². The van der Waals surface area contributed by atoms with Crippen LogP contribution in [0.5, 0.6) is 11.5 Å². The topological polar surface area (TPSA) is 86.3 Å². The predicted molar refractivity (Wildman–Crippen MR) is 142 cm³/mol. The van der Waals surface area contributed by atoms with Crippen LogP contribution < -0.4 is 14.8 Å². The third-order valence-electron chi connectivity index (χ3n) is 6.47. The molecule has 1 aliphatic rings. The van der Waals surface area contributed by atoms with Gasteiger partial charge in [0.15, 0.2) is 0 Å². The van der Waals surface area contributed by atoms with Crippen molar-refractivity contribution in [2.45, 2.75) is 64.1 Å². The molecular formula is C29H40N2O6. The summed E-state index contributed by atoms with van der Waals surface area (Å²) < 4.78 is 22.1. The maximum absolute atomic E-state index is 12.6. The molecule has 8 nitrogen and oxygen atoms in total. The molecule has 37 heavy (non-hydrogen) atoms. The Labute approximate surface area is 220 Å². The van der Waals surface area contributed by atoms with Gasteiger partial charge >= 0.3 is 12.1 Å². The van der Waals surface area contributed by atoms with Gasteiger partial charge in [0.25, 0.3) is 0 Å². The lowest BCUT2D eigenvalue weighted by molar-refractivity contribution is -0.143. The summed E-state index contributed by atoms with van der Waals surface area (Å²) in [6.45, 7) is 6.08. The Morgan fingerprint density at radius 1 is 1.05 bits per heavy atom. The molecule has 0 heterocycles. The number of hydrogen-bond donors (Lipinski definition) is 1. The minimum absolute atomic E-state index is 0.0809. The van der Waals surface area contributed by atoms with Crippen LogP contribution in [0.2, 0.25) is 0 Å². The Kier molecular flexibility index (Phi) is 9.07. The maximum Gasteiger partial charge on any atom is 0.408 e. The first-order valence-corrected chi connectivity index (χ1v) is 12.6. The fraction of sp³-hybridized carbons (Fsp3) is 0.517. The molecule has 0 fully saturated rings. The van der Waals surface area contributed by atoms with Gasteiger partial charge in [-0.15, -0.1) is 0 Å². The summed E-state index contributed by atoms with van der Waals surface area (Å²) in [5.74, 6) is 1.20. The smallest absolute Gasteiger partial charge is 0.408 e. The quantitative estimate of drug-likeness (QED) is 0.497. The number of fused-ring (bicyclic) bond motifs is 1. The highest BCUT2D eigenvalue weighted by Crippen LogP contribution is 2.48. The molecule has 0 unspecified atom stereocenters. The van der Waals surface area contributed by atoms with E-state index in [0.29, 0.717) is 6.42 Å². The van der Waals surface area contributed by atoms with Gasteiger partial charge in [-0.25, -0.2) is 9.59 Å². The standard InChI is InChI=1S/C29H40N2O6/c1-29(2,3)37-28(33)30-23(27(32)36-8)16-18-10-9-11-21-20(18)13-14-22(21)25-24(34-6)15-12-19(17-31(4)5)26(25)35-7/h9-12,15,22-23H,13-14,16-17H2,1-8H3,(H,30,33)/t22-,23-/m0/s1. The van der Waals surface area contributed by atoms with Crippen molar-refractivity contribution in [2.24, 2.45) is 0 Å². The second-order valence-corrected chi connectivity index (χ2v) is 10.6. The molecule has 8 heteroatoms. The highest BCUT2D eigenvalue weighted by molar-refractivity contribution is 5.81. The second-order valence-electron chi connectivity index (χ2n) is 10.6. The zero-order chi connectivity index (χ0) is 27.3. The number of nitrogens with one attached hydrogen (secondary N) is 1. The summed E-state index contributed by atoms with van der Waals surface area (Å²) in [5.41, 5.74) is 4.81. The first-order valence-electron chi connectivity index (χ1n) is 12.6. The molecule has 202 valence electrons. The molecular weight excluding hydrogens is 472 g/mol. The number of benzene rings is 2. The van der Waals surface area contributed by atoms with Gasteiger partial charge in [-0.2, -0.15) is 0 Å². The summed E-state index contributed by atoms with van der Waals surface area (Å²) >= 11 is 0. The molecule has 1 amide bonds. The third kappa shape index (κ3) is 6.74. The van der Waals surface area contributed by atoms with Crippen molar-refractivity contribution in [3.05, 3.63) is 58.1 Å². The van der Waals surface area contributed by atoms with E-state index in [1.807, 2.05) is 32.3 Å². The summed E-state index contributed by atoms with van der Waals surface area (Å²) in [6.07, 6.45) is 1.37. The van der Waals surface area contributed by atoms with Crippen LogP contribution in [-0.2, 0) is 33.7 Å². The summed E-state index contributed by atoms with van der Waals surface area (Å²) in [5, 5.41) is 2.69. The van der Waals surface area contributed by atoms with E-state index in [1.165, 1.54) is 18.2 Å². The Morgan fingerprint density at radius 3 is 2.38 bits per heavy atom. The van der Waals surface area contributed by atoms with Crippen LogP contribution in [0.4, 0.5) is 4.79 Å². The second kappa shape index (κ2) is 11.9. The lowest BCUT2D eigenvalue weighted by Gasteiger charge is -2.24. The van der Waals surface area contributed by atoms with Crippen LogP contribution in [-0.4, -0.2) is 64.0 Å². The van der Waals surface area contributed by atoms with E-state index in [2.05, 4.69) is 22.3 Å².